The highest BCUT2D eigenvalue weighted by Gasteiger charge is 2.47. The van der Waals surface area contributed by atoms with Crippen LogP contribution >= 0.6 is 7.14 Å². The van der Waals surface area contributed by atoms with Crippen molar-refractivity contribution in [2.45, 2.75) is 63.0 Å². The largest absolute Gasteiger partial charge is 0.444 e. The number of likely N-dealkylation sites (tertiary alicyclic amines) is 1. The molecule has 1 amide bonds. The van der Waals surface area contributed by atoms with E-state index in [1.165, 1.54) is 6.20 Å². The maximum Gasteiger partial charge on any atom is 0.410 e. The van der Waals surface area contributed by atoms with Gasteiger partial charge in [0.15, 0.2) is 5.65 Å². The van der Waals surface area contributed by atoms with Gasteiger partial charge in [-0.25, -0.2) is 22.2 Å². The molecule has 1 fully saturated rings. The molecular weight excluding hydrogens is 573 g/mol. The van der Waals surface area contributed by atoms with Crippen LogP contribution in [0.4, 0.5) is 4.79 Å². The molecule has 0 bridgehead atoms. The summed E-state index contributed by atoms with van der Waals surface area (Å²) in [5.74, 6) is 0. The second kappa shape index (κ2) is 9.54. The van der Waals surface area contributed by atoms with Crippen molar-refractivity contribution in [1.29, 1.82) is 0 Å². The first kappa shape index (κ1) is 28.7. The van der Waals surface area contributed by atoms with Gasteiger partial charge in [-0.05, 0) is 78.1 Å². The third kappa shape index (κ3) is 4.86. The summed E-state index contributed by atoms with van der Waals surface area (Å²) in [5.41, 5.74) is 2.91. The monoisotopic (exact) mass is 609 g/mol. The molecule has 0 radical (unpaired) electrons. The minimum Gasteiger partial charge on any atom is -0.444 e. The summed E-state index contributed by atoms with van der Waals surface area (Å²) in [6, 6.07) is 10.5. The highest BCUT2D eigenvalue weighted by molar-refractivity contribution is 7.90. The Morgan fingerprint density at radius 2 is 1.76 bits per heavy atom. The third-order valence-corrected chi connectivity index (χ3v) is 11.4. The van der Waals surface area contributed by atoms with E-state index in [2.05, 4.69) is 4.98 Å². The van der Waals surface area contributed by atoms with E-state index in [-0.39, 0.29) is 22.1 Å². The van der Waals surface area contributed by atoms with Gasteiger partial charge in [0.25, 0.3) is 10.0 Å². The average molecular weight is 610 g/mol. The number of hydrogen-bond donors (Lipinski definition) is 0. The van der Waals surface area contributed by atoms with E-state index >= 15 is 0 Å². The zero-order valence-corrected chi connectivity index (χ0v) is 26.5. The summed E-state index contributed by atoms with van der Waals surface area (Å²) in [5, 5.41) is 5.84. The number of aromatic nitrogens is 4. The SMILES string of the molecule is Cc1ccc(S(=O)(=O)n2cc(P(C)(C)=O)c3cc(-c4cc5n(n4)CCC54CCN(C(=O)OC(C)(C)C)C4)cnc32)cc1. The summed E-state index contributed by atoms with van der Waals surface area (Å²) >= 11 is 0. The van der Waals surface area contributed by atoms with Crippen LogP contribution in [0.15, 0.2) is 53.7 Å². The fraction of sp³-hybridized carbons (Fsp3) is 0.433. The van der Waals surface area contributed by atoms with Crippen LogP contribution in [0.25, 0.3) is 22.3 Å². The number of nitrogens with zero attached hydrogens (tertiary/aromatic N) is 5. The van der Waals surface area contributed by atoms with Crippen molar-refractivity contribution in [2.75, 3.05) is 26.4 Å². The van der Waals surface area contributed by atoms with Crippen LogP contribution in [-0.4, -0.2) is 70.2 Å². The van der Waals surface area contributed by atoms with Crippen molar-refractivity contribution < 1.29 is 22.5 Å². The molecule has 222 valence electrons. The van der Waals surface area contributed by atoms with Crippen LogP contribution in [-0.2, 0) is 31.3 Å². The molecule has 6 rings (SSSR count). The Morgan fingerprint density at radius 1 is 1.07 bits per heavy atom. The van der Waals surface area contributed by atoms with Gasteiger partial charge >= 0.3 is 6.09 Å². The molecule has 0 saturated carbocycles. The second-order valence-corrected chi connectivity index (χ2v) is 17.9. The van der Waals surface area contributed by atoms with Gasteiger partial charge < -0.3 is 14.2 Å². The number of carbonyl (C=O) groups excluding carboxylic acids is 1. The summed E-state index contributed by atoms with van der Waals surface area (Å²) < 4.78 is 49.4. The van der Waals surface area contributed by atoms with Gasteiger partial charge in [0, 0.05) is 59.4 Å². The second-order valence-electron chi connectivity index (χ2n) is 12.9. The van der Waals surface area contributed by atoms with Crippen LogP contribution in [0, 0.1) is 6.92 Å². The van der Waals surface area contributed by atoms with Gasteiger partial charge in [0.1, 0.15) is 12.7 Å². The molecule has 12 heteroatoms. The summed E-state index contributed by atoms with van der Waals surface area (Å²) in [4.78, 5) is 19.3. The smallest absolute Gasteiger partial charge is 0.410 e. The van der Waals surface area contributed by atoms with Crippen molar-refractivity contribution in [3.8, 4) is 11.3 Å². The van der Waals surface area contributed by atoms with Crippen molar-refractivity contribution in [3.63, 3.8) is 0 Å². The lowest BCUT2D eigenvalue weighted by Gasteiger charge is -2.26. The van der Waals surface area contributed by atoms with Crippen LogP contribution < -0.4 is 5.30 Å². The topological polar surface area (TPSA) is 116 Å². The molecule has 1 saturated heterocycles. The van der Waals surface area contributed by atoms with Crippen molar-refractivity contribution in [3.05, 3.63) is 60.0 Å². The third-order valence-electron chi connectivity index (χ3n) is 8.18. The maximum atomic E-state index is 13.6. The van der Waals surface area contributed by atoms with E-state index in [1.54, 1.807) is 48.7 Å². The van der Waals surface area contributed by atoms with Crippen molar-refractivity contribution in [1.82, 2.24) is 23.6 Å². The molecule has 1 unspecified atom stereocenters. The number of aryl methyl sites for hydroxylation is 2. The molecule has 42 heavy (non-hydrogen) atoms. The average Bonchev–Trinajstić information content (AvgIpc) is 3.66. The van der Waals surface area contributed by atoms with E-state index in [9.17, 15) is 17.8 Å². The number of carbonyl (C=O) groups is 1. The van der Waals surface area contributed by atoms with E-state index in [0.29, 0.717) is 35.0 Å². The fourth-order valence-corrected chi connectivity index (χ4v) is 8.55. The Labute approximate surface area is 246 Å². The van der Waals surface area contributed by atoms with Crippen LogP contribution in [0.2, 0.25) is 0 Å². The molecule has 1 aromatic carbocycles. The van der Waals surface area contributed by atoms with E-state index in [4.69, 9.17) is 9.84 Å². The molecule has 0 aliphatic carbocycles. The highest BCUT2D eigenvalue weighted by Crippen LogP contribution is 2.45. The maximum absolute atomic E-state index is 13.6. The number of amides is 1. The number of benzene rings is 1. The molecular formula is C30H36N5O5PS. The van der Waals surface area contributed by atoms with E-state index in [0.717, 1.165) is 34.6 Å². The summed E-state index contributed by atoms with van der Waals surface area (Å²) in [6.07, 6.45) is 4.49. The predicted molar refractivity (Wildman–Crippen MR) is 163 cm³/mol. The first-order chi connectivity index (χ1) is 19.6. The zero-order chi connectivity index (χ0) is 30.2. The van der Waals surface area contributed by atoms with Crippen LogP contribution in [0.5, 0.6) is 0 Å². The van der Waals surface area contributed by atoms with E-state index in [1.807, 2.05) is 44.5 Å². The molecule has 5 heterocycles. The number of rotatable bonds is 4. The lowest BCUT2D eigenvalue weighted by atomic mass is 9.82. The van der Waals surface area contributed by atoms with Crippen molar-refractivity contribution >= 4 is 39.6 Å². The number of hydrogen-bond acceptors (Lipinski definition) is 7. The van der Waals surface area contributed by atoms with E-state index < -0.39 is 22.8 Å². The minimum absolute atomic E-state index is 0.136. The van der Waals surface area contributed by atoms with Gasteiger partial charge in [-0.15, -0.1) is 0 Å². The zero-order valence-electron chi connectivity index (χ0n) is 24.8. The lowest BCUT2D eigenvalue weighted by Crippen LogP contribution is -2.37. The molecule has 10 nitrogen and oxygen atoms in total. The Kier molecular flexibility index (Phi) is 6.51. The predicted octanol–water partition coefficient (Wildman–Crippen LogP) is 4.98. The fourth-order valence-electron chi connectivity index (χ4n) is 6.01. The van der Waals surface area contributed by atoms with Gasteiger partial charge in [0.2, 0.25) is 0 Å². The number of fused-ring (bicyclic) bond motifs is 3. The molecule has 1 spiro atoms. The first-order valence-corrected chi connectivity index (χ1v) is 18.1. The Hall–Kier alpha value is -3.43. The highest BCUT2D eigenvalue weighted by atomic mass is 32.2. The lowest BCUT2D eigenvalue weighted by molar-refractivity contribution is 0.0284. The Morgan fingerprint density at radius 3 is 2.43 bits per heavy atom. The minimum atomic E-state index is -3.96. The molecule has 4 aromatic rings. The molecule has 2 aliphatic heterocycles. The molecule has 1 atom stereocenters. The molecule has 2 aliphatic rings. The van der Waals surface area contributed by atoms with Gasteiger partial charge in [-0.2, -0.15) is 5.10 Å². The summed E-state index contributed by atoms with van der Waals surface area (Å²) in [7, 11) is -6.84. The summed E-state index contributed by atoms with van der Waals surface area (Å²) in [6.45, 7) is 12.7. The van der Waals surface area contributed by atoms with Gasteiger partial charge in [-0.1, -0.05) is 17.7 Å². The van der Waals surface area contributed by atoms with Gasteiger partial charge in [-0.3, -0.25) is 4.68 Å². The number of ether oxygens (including phenoxy) is 1. The quantitative estimate of drug-likeness (QED) is 0.300. The molecule has 3 aromatic heterocycles. The van der Waals surface area contributed by atoms with Crippen LogP contribution in [0.3, 0.4) is 0 Å². The number of pyridine rings is 1. The Bertz CT molecular complexity index is 1880. The standard InChI is InChI=1S/C30H36N5O5PS/c1-20-7-9-22(10-8-20)42(38,39)35-18-25(41(5,6)37)23-15-21(17-31-27(23)35)24-16-26-30(12-14-34(26)32-24)11-13-33(19-30)28(36)40-29(2,3)4/h7-10,15-18H,11-14,19H2,1-6H3. The van der Waals surface area contributed by atoms with Crippen LogP contribution in [0.1, 0.15) is 44.9 Å². The first-order valence-electron chi connectivity index (χ1n) is 14.0. The Balaban J connectivity index is 1.38. The molecule has 0 N–H and O–H groups in total. The normalized spacial score (nSPS) is 19.1. The van der Waals surface area contributed by atoms with Crippen molar-refractivity contribution in [2.24, 2.45) is 0 Å². The van der Waals surface area contributed by atoms with Gasteiger partial charge in [0.05, 0.1) is 10.6 Å².